The van der Waals surface area contributed by atoms with E-state index in [1.54, 1.807) is 6.07 Å². The third kappa shape index (κ3) is 3.81. The van der Waals surface area contributed by atoms with Crippen LogP contribution >= 0.6 is 15.9 Å². The predicted octanol–water partition coefficient (Wildman–Crippen LogP) is 1.90. The SMILES string of the molecule is C#CCNC(=O)Nc1cc(Br)ccc1C(=O)O. The summed E-state index contributed by atoms with van der Waals surface area (Å²) in [6, 6.07) is 3.92. The number of halogens is 1. The van der Waals surface area contributed by atoms with Crippen LogP contribution in [0.5, 0.6) is 0 Å². The van der Waals surface area contributed by atoms with Gasteiger partial charge in [0.25, 0.3) is 0 Å². The van der Waals surface area contributed by atoms with Gasteiger partial charge in [0.2, 0.25) is 0 Å². The zero-order chi connectivity index (χ0) is 12.8. The fourth-order valence-electron chi connectivity index (χ4n) is 1.10. The second kappa shape index (κ2) is 5.92. The molecule has 0 unspecified atom stereocenters. The van der Waals surface area contributed by atoms with Crippen molar-refractivity contribution >= 4 is 33.6 Å². The number of nitrogens with one attached hydrogen (secondary N) is 2. The van der Waals surface area contributed by atoms with Gasteiger partial charge in [0, 0.05) is 4.47 Å². The van der Waals surface area contributed by atoms with E-state index in [1.165, 1.54) is 12.1 Å². The number of anilines is 1. The van der Waals surface area contributed by atoms with Crippen molar-refractivity contribution in [2.75, 3.05) is 11.9 Å². The summed E-state index contributed by atoms with van der Waals surface area (Å²) >= 11 is 3.19. The molecule has 88 valence electrons. The number of benzene rings is 1. The molecular formula is C11H9BrN2O3. The number of hydrogen-bond donors (Lipinski definition) is 3. The Kier molecular flexibility index (Phi) is 4.55. The molecule has 6 heteroatoms. The molecule has 0 spiro atoms. The first-order valence-corrected chi connectivity index (χ1v) is 5.35. The van der Waals surface area contributed by atoms with Crippen LogP contribution in [0.25, 0.3) is 0 Å². The number of carboxylic acids is 1. The quantitative estimate of drug-likeness (QED) is 0.746. The Morgan fingerprint density at radius 2 is 2.18 bits per heavy atom. The number of rotatable bonds is 3. The number of hydrogen-bond acceptors (Lipinski definition) is 2. The Hall–Kier alpha value is -2.00. The lowest BCUT2D eigenvalue weighted by molar-refractivity contribution is 0.0698. The third-order valence-electron chi connectivity index (χ3n) is 1.81. The minimum absolute atomic E-state index is 0.00376. The van der Waals surface area contributed by atoms with Crippen LogP contribution in [0.2, 0.25) is 0 Å². The average Bonchev–Trinajstić information content (AvgIpc) is 2.26. The maximum Gasteiger partial charge on any atom is 0.337 e. The zero-order valence-electron chi connectivity index (χ0n) is 8.66. The molecule has 2 amide bonds. The van der Waals surface area contributed by atoms with E-state index in [1.807, 2.05) is 0 Å². The molecule has 0 aliphatic rings. The molecule has 0 saturated heterocycles. The number of aromatic carboxylic acids is 1. The number of amides is 2. The molecule has 0 aliphatic heterocycles. The predicted molar refractivity (Wildman–Crippen MR) is 67.0 cm³/mol. The summed E-state index contributed by atoms with van der Waals surface area (Å²) in [4.78, 5) is 22.2. The van der Waals surface area contributed by atoms with Crippen molar-refractivity contribution in [1.82, 2.24) is 5.32 Å². The van der Waals surface area contributed by atoms with E-state index < -0.39 is 12.0 Å². The highest BCUT2D eigenvalue weighted by Crippen LogP contribution is 2.21. The van der Waals surface area contributed by atoms with E-state index in [0.717, 1.165) is 0 Å². The van der Waals surface area contributed by atoms with Gasteiger partial charge in [-0.05, 0) is 18.2 Å². The van der Waals surface area contributed by atoms with Crippen LogP contribution in [0.4, 0.5) is 10.5 Å². The summed E-state index contributed by atoms with van der Waals surface area (Å²) in [5, 5.41) is 13.7. The number of terminal acetylenes is 1. The Labute approximate surface area is 106 Å². The van der Waals surface area contributed by atoms with Gasteiger partial charge in [-0.25, -0.2) is 9.59 Å². The Balaban J connectivity index is 2.89. The summed E-state index contributed by atoms with van der Waals surface area (Å²) < 4.78 is 0.662. The smallest absolute Gasteiger partial charge is 0.337 e. The molecular weight excluding hydrogens is 288 g/mol. The summed E-state index contributed by atoms with van der Waals surface area (Å²) in [6.07, 6.45) is 4.98. The second-order valence-corrected chi connectivity index (χ2v) is 3.92. The van der Waals surface area contributed by atoms with E-state index in [9.17, 15) is 9.59 Å². The molecule has 3 N–H and O–H groups in total. The molecule has 0 aromatic heterocycles. The van der Waals surface area contributed by atoms with Crippen molar-refractivity contribution in [3.8, 4) is 12.3 Å². The molecule has 1 aromatic carbocycles. The molecule has 0 saturated carbocycles. The van der Waals surface area contributed by atoms with Gasteiger partial charge in [0.1, 0.15) is 0 Å². The van der Waals surface area contributed by atoms with Crippen LogP contribution in [-0.2, 0) is 0 Å². The first-order chi connectivity index (χ1) is 8.04. The third-order valence-corrected chi connectivity index (χ3v) is 2.30. The van der Waals surface area contributed by atoms with Gasteiger partial charge in [-0.2, -0.15) is 0 Å². The van der Waals surface area contributed by atoms with Crippen LogP contribution in [0.3, 0.4) is 0 Å². The lowest BCUT2D eigenvalue weighted by atomic mass is 10.2. The molecule has 0 fully saturated rings. The van der Waals surface area contributed by atoms with E-state index >= 15 is 0 Å². The highest BCUT2D eigenvalue weighted by Gasteiger charge is 2.12. The van der Waals surface area contributed by atoms with Crippen molar-refractivity contribution in [1.29, 1.82) is 0 Å². The van der Waals surface area contributed by atoms with Crippen LogP contribution in [0.1, 0.15) is 10.4 Å². The van der Waals surface area contributed by atoms with Crippen molar-refractivity contribution in [3.63, 3.8) is 0 Å². The Bertz CT molecular complexity index is 494. The van der Waals surface area contributed by atoms with Crippen LogP contribution in [-0.4, -0.2) is 23.7 Å². The lowest BCUT2D eigenvalue weighted by Gasteiger charge is -2.09. The van der Waals surface area contributed by atoms with E-state index in [0.29, 0.717) is 4.47 Å². The molecule has 1 aromatic rings. The van der Waals surface area contributed by atoms with Gasteiger partial charge in [0.15, 0.2) is 0 Å². The lowest BCUT2D eigenvalue weighted by Crippen LogP contribution is -2.29. The van der Waals surface area contributed by atoms with Gasteiger partial charge >= 0.3 is 12.0 Å². The molecule has 0 aliphatic carbocycles. The Morgan fingerprint density at radius 1 is 1.47 bits per heavy atom. The van der Waals surface area contributed by atoms with E-state index in [4.69, 9.17) is 11.5 Å². The first-order valence-electron chi connectivity index (χ1n) is 4.55. The van der Waals surface area contributed by atoms with Crippen LogP contribution in [0.15, 0.2) is 22.7 Å². The van der Waals surface area contributed by atoms with Gasteiger partial charge in [0.05, 0.1) is 17.8 Å². The van der Waals surface area contributed by atoms with E-state index in [2.05, 4.69) is 32.5 Å². The summed E-state index contributed by atoms with van der Waals surface area (Å²) in [5.74, 6) is 1.12. The van der Waals surface area contributed by atoms with Crippen molar-refractivity contribution < 1.29 is 14.7 Å². The molecule has 1 rings (SSSR count). The Morgan fingerprint density at radius 3 is 2.76 bits per heavy atom. The molecule has 0 radical (unpaired) electrons. The van der Waals surface area contributed by atoms with Gasteiger partial charge in [-0.3, -0.25) is 0 Å². The van der Waals surface area contributed by atoms with Crippen molar-refractivity contribution in [3.05, 3.63) is 28.2 Å². The average molecular weight is 297 g/mol. The highest BCUT2D eigenvalue weighted by atomic mass is 79.9. The molecule has 5 nitrogen and oxygen atoms in total. The highest BCUT2D eigenvalue weighted by molar-refractivity contribution is 9.10. The summed E-state index contributed by atoms with van der Waals surface area (Å²) in [5.41, 5.74) is 0.199. The molecule has 0 atom stereocenters. The van der Waals surface area contributed by atoms with Crippen LogP contribution in [0, 0.1) is 12.3 Å². The molecule has 17 heavy (non-hydrogen) atoms. The zero-order valence-corrected chi connectivity index (χ0v) is 10.2. The van der Waals surface area contributed by atoms with Gasteiger partial charge < -0.3 is 15.7 Å². The maximum atomic E-state index is 11.3. The van der Waals surface area contributed by atoms with Gasteiger partial charge in [-0.15, -0.1) is 6.42 Å². The van der Waals surface area contributed by atoms with Crippen molar-refractivity contribution in [2.45, 2.75) is 0 Å². The normalized spacial score (nSPS) is 9.18. The minimum Gasteiger partial charge on any atom is -0.478 e. The minimum atomic E-state index is -1.12. The summed E-state index contributed by atoms with van der Waals surface area (Å²) in [7, 11) is 0. The second-order valence-electron chi connectivity index (χ2n) is 3.01. The number of carbonyl (C=O) groups excluding carboxylic acids is 1. The van der Waals surface area contributed by atoms with Crippen molar-refractivity contribution in [2.24, 2.45) is 0 Å². The number of carbonyl (C=O) groups is 2. The van der Waals surface area contributed by atoms with E-state index in [-0.39, 0.29) is 17.8 Å². The standard InChI is InChI=1S/C11H9BrN2O3/c1-2-5-13-11(17)14-9-6-7(12)3-4-8(9)10(15)16/h1,3-4,6H,5H2,(H,15,16)(H2,13,14,17). The van der Waals surface area contributed by atoms with Gasteiger partial charge in [-0.1, -0.05) is 21.9 Å². The topological polar surface area (TPSA) is 78.4 Å². The molecule has 0 bridgehead atoms. The van der Waals surface area contributed by atoms with Crippen LogP contribution < -0.4 is 10.6 Å². The largest absolute Gasteiger partial charge is 0.478 e. The first kappa shape index (κ1) is 13.1. The molecule has 0 heterocycles. The fraction of sp³-hybridized carbons (Fsp3) is 0.0909. The maximum absolute atomic E-state index is 11.3. The number of urea groups is 1. The number of carboxylic acid groups (broad SMARTS) is 1. The monoisotopic (exact) mass is 296 g/mol. The summed E-state index contributed by atoms with van der Waals surface area (Å²) in [6.45, 7) is 0.0717. The fourth-order valence-corrected chi connectivity index (χ4v) is 1.47.